The number of nitrogens with zero attached hydrogens (tertiary/aromatic N) is 15. The summed E-state index contributed by atoms with van der Waals surface area (Å²) < 4.78 is 20.5. The maximum Gasteiger partial charge on any atom is 0.306 e. The second kappa shape index (κ2) is 48.1. The van der Waals surface area contributed by atoms with Gasteiger partial charge in [0, 0.05) is 233 Å². The molecule has 10 saturated heterocycles. The van der Waals surface area contributed by atoms with Gasteiger partial charge in [-0.15, -0.1) is 0 Å². The Morgan fingerprint density at radius 1 is 0.330 bits per heavy atom. The molecule has 0 saturated carbocycles. The highest BCUT2D eigenvalue weighted by Gasteiger charge is 2.34. The highest BCUT2D eigenvalue weighted by molar-refractivity contribution is 5.84. The number of amides is 6. The summed E-state index contributed by atoms with van der Waals surface area (Å²) in [4.78, 5) is 152. The molecule has 10 aliphatic heterocycles. The van der Waals surface area contributed by atoms with Crippen molar-refractivity contribution in [2.75, 3.05) is 259 Å². The van der Waals surface area contributed by atoms with E-state index in [0.29, 0.717) is 76.3 Å². The third-order valence-electron chi connectivity index (χ3n) is 23.0. The fourth-order valence-corrected chi connectivity index (χ4v) is 15.9. The standard InChI is InChI=1S/C22H38N4O4.C20H34N4O4.C19H36N4O3.C16H29N3O3/c1-23-14-16-24(17-15-23)19-8-12-26(13-9-19)21(28)6-7-22(29)30-18-4-11-25-10-3-2-5-20(25)27;1-21-11-13-22(14-12-21)17-6-9-24(10-7-17)19(26)4-5-20(27)28-16-15-23-8-2-3-18(23)25;1-20(2)9-4-16-26-19(25)6-5-18(24)23-10-7-17(8-11-23)22-14-12-21(3)13-15-22;1-3-22-16(21)5-4-15(20)19-12-10-18(11-13-19)14-6-8-17(2)9-7-14/h19H,2-18H2,1H3;17H,2-16H2,1H3;17H,4-16H2,1-3H3;14H,3-13H2,1-2H3. The second-order valence-corrected chi connectivity index (χ2v) is 31.1. The minimum absolute atomic E-state index is 0.0449. The molecular weight excluding hydrogens is 1360 g/mol. The van der Waals surface area contributed by atoms with Crippen LogP contribution in [0, 0.1) is 0 Å². The van der Waals surface area contributed by atoms with E-state index in [1.54, 1.807) is 11.8 Å². The van der Waals surface area contributed by atoms with Crippen LogP contribution < -0.4 is 0 Å². The van der Waals surface area contributed by atoms with Crippen molar-refractivity contribution in [2.24, 2.45) is 0 Å². The fourth-order valence-electron chi connectivity index (χ4n) is 15.9. The average molecular weight is 1500 g/mol. The van der Waals surface area contributed by atoms with E-state index in [1.807, 2.05) is 38.6 Å². The monoisotopic (exact) mass is 1500 g/mol. The first-order valence-corrected chi connectivity index (χ1v) is 40.7. The lowest BCUT2D eigenvalue weighted by atomic mass is 10.0. The first kappa shape index (κ1) is 87.6. The molecular formula is C77H137N15O14. The topological polar surface area (TPSA) is 256 Å². The SMILES string of the molecule is CCOC(=O)CCC(=O)N1CCN(C2CCN(C)CC2)CC1.CN(C)CCCOC(=O)CCC(=O)N1CCC(N2CCN(C)CC2)CC1.CN1CCN(C2CCN(C(=O)CCC(=O)OCCCN3CCCCC3=O)CC2)CC1.CN1CCN(C2CCN(C(=O)CCC(=O)OCCN3CCCC3=O)CC2)CC1. The van der Waals surface area contributed by atoms with Gasteiger partial charge in [-0.05, 0) is 146 Å². The van der Waals surface area contributed by atoms with E-state index in [0.717, 1.165) is 228 Å². The number of likely N-dealkylation sites (tertiary alicyclic amines) is 6. The zero-order chi connectivity index (χ0) is 76.2. The summed E-state index contributed by atoms with van der Waals surface area (Å²) in [7, 11) is 12.7. The largest absolute Gasteiger partial charge is 0.466 e. The molecule has 0 unspecified atom stereocenters. The molecule has 29 nitrogen and oxygen atoms in total. The number of rotatable bonds is 28. The number of likely N-dealkylation sites (N-methyl/N-ethyl adjacent to an activating group) is 3. The van der Waals surface area contributed by atoms with Gasteiger partial charge in [0.05, 0.1) is 52.0 Å². The van der Waals surface area contributed by atoms with Gasteiger partial charge >= 0.3 is 23.9 Å². The lowest BCUT2D eigenvalue weighted by molar-refractivity contribution is -0.147. The van der Waals surface area contributed by atoms with Crippen molar-refractivity contribution in [3.8, 4) is 0 Å². The number of hydrogen-bond donors (Lipinski definition) is 0. The molecule has 604 valence electrons. The van der Waals surface area contributed by atoms with Gasteiger partial charge in [-0.2, -0.15) is 0 Å². The molecule has 0 radical (unpaired) electrons. The number of piperidine rings is 5. The maximum atomic E-state index is 12.5. The Balaban J connectivity index is 0.000000198. The normalized spacial score (nSPS) is 21.9. The molecule has 6 amide bonds. The summed E-state index contributed by atoms with van der Waals surface area (Å²) in [6, 6.07) is 2.44. The molecule has 0 aliphatic carbocycles. The van der Waals surface area contributed by atoms with Crippen molar-refractivity contribution in [1.29, 1.82) is 0 Å². The molecule has 10 heterocycles. The minimum Gasteiger partial charge on any atom is -0.466 e. The summed E-state index contributed by atoms with van der Waals surface area (Å²) >= 11 is 0. The molecule has 0 aromatic heterocycles. The van der Waals surface area contributed by atoms with Crippen LogP contribution in [0.5, 0.6) is 0 Å². The highest BCUT2D eigenvalue weighted by atomic mass is 16.5. The number of ether oxygens (including phenoxy) is 4. The van der Waals surface area contributed by atoms with Crippen molar-refractivity contribution in [3.05, 3.63) is 0 Å². The van der Waals surface area contributed by atoms with Crippen LogP contribution in [0.3, 0.4) is 0 Å². The van der Waals surface area contributed by atoms with Crippen molar-refractivity contribution in [1.82, 2.24) is 73.5 Å². The molecule has 10 rings (SSSR count). The van der Waals surface area contributed by atoms with Crippen LogP contribution in [-0.2, 0) is 66.9 Å². The molecule has 0 atom stereocenters. The van der Waals surface area contributed by atoms with Crippen molar-refractivity contribution in [3.63, 3.8) is 0 Å². The quantitative estimate of drug-likeness (QED) is 0.0618. The Morgan fingerprint density at radius 2 is 0.632 bits per heavy atom. The Kier molecular flexibility index (Phi) is 39.7. The van der Waals surface area contributed by atoms with Gasteiger partial charge in [0.15, 0.2) is 0 Å². The number of esters is 4. The van der Waals surface area contributed by atoms with Gasteiger partial charge in [-0.1, -0.05) is 0 Å². The summed E-state index contributed by atoms with van der Waals surface area (Å²) in [6.07, 6.45) is 15.9. The van der Waals surface area contributed by atoms with Crippen molar-refractivity contribution in [2.45, 2.75) is 179 Å². The molecule has 29 heteroatoms. The zero-order valence-corrected chi connectivity index (χ0v) is 66.3. The number of hydrogen-bond acceptors (Lipinski definition) is 23. The Labute approximate surface area is 634 Å². The predicted octanol–water partition coefficient (Wildman–Crippen LogP) is 2.19. The predicted molar refractivity (Wildman–Crippen MR) is 405 cm³/mol. The van der Waals surface area contributed by atoms with Gasteiger partial charge in [0.25, 0.3) is 0 Å². The lowest BCUT2D eigenvalue weighted by Gasteiger charge is -2.42. The van der Waals surface area contributed by atoms with E-state index in [1.165, 1.54) is 25.9 Å². The van der Waals surface area contributed by atoms with Crippen LogP contribution in [0.2, 0.25) is 0 Å². The highest BCUT2D eigenvalue weighted by Crippen LogP contribution is 2.24. The molecule has 106 heavy (non-hydrogen) atoms. The molecule has 10 fully saturated rings. The van der Waals surface area contributed by atoms with E-state index in [2.05, 4.69) is 72.3 Å². The maximum absolute atomic E-state index is 12.5. The molecule has 0 aromatic rings. The van der Waals surface area contributed by atoms with Crippen LogP contribution in [0.15, 0.2) is 0 Å². The average Bonchev–Trinajstić information content (AvgIpc) is 1.07. The number of carbonyl (C=O) groups is 10. The van der Waals surface area contributed by atoms with E-state index in [9.17, 15) is 47.9 Å². The Bertz CT molecular complexity index is 2660. The first-order valence-electron chi connectivity index (χ1n) is 40.7. The van der Waals surface area contributed by atoms with E-state index in [-0.39, 0.29) is 117 Å². The van der Waals surface area contributed by atoms with E-state index < -0.39 is 0 Å². The minimum atomic E-state index is -0.354. The smallest absolute Gasteiger partial charge is 0.306 e. The number of carbonyl (C=O) groups excluding carboxylic acids is 10. The summed E-state index contributed by atoms with van der Waals surface area (Å²) in [6.45, 7) is 30.7. The van der Waals surface area contributed by atoms with Crippen LogP contribution in [0.25, 0.3) is 0 Å². The lowest BCUT2D eigenvalue weighted by Crippen LogP contribution is -2.54. The van der Waals surface area contributed by atoms with E-state index >= 15 is 0 Å². The van der Waals surface area contributed by atoms with Gasteiger partial charge in [-0.25, -0.2) is 0 Å². The van der Waals surface area contributed by atoms with Gasteiger partial charge in [0.1, 0.15) is 6.61 Å². The van der Waals surface area contributed by atoms with Crippen LogP contribution >= 0.6 is 0 Å². The summed E-state index contributed by atoms with van der Waals surface area (Å²) in [5, 5.41) is 0. The third kappa shape index (κ3) is 32.1. The van der Waals surface area contributed by atoms with Crippen LogP contribution in [-0.4, -0.2) is 415 Å². The zero-order valence-electron chi connectivity index (χ0n) is 66.3. The van der Waals surface area contributed by atoms with E-state index in [4.69, 9.17) is 18.9 Å². The number of piperazine rings is 4. The van der Waals surface area contributed by atoms with Gasteiger partial charge in [0.2, 0.25) is 35.4 Å². The second-order valence-electron chi connectivity index (χ2n) is 31.1. The fraction of sp³-hybridized carbons (Fsp3) is 0.870. The molecule has 0 spiro atoms. The van der Waals surface area contributed by atoms with Crippen molar-refractivity contribution < 1.29 is 66.9 Å². The van der Waals surface area contributed by atoms with Crippen LogP contribution in [0.1, 0.15) is 155 Å². The van der Waals surface area contributed by atoms with Crippen LogP contribution in [0.4, 0.5) is 0 Å². The van der Waals surface area contributed by atoms with Crippen molar-refractivity contribution >= 4 is 59.3 Å². The van der Waals surface area contributed by atoms with Gasteiger partial charge < -0.3 is 72.8 Å². The third-order valence-corrected chi connectivity index (χ3v) is 23.0. The molecule has 10 aliphatic rings. The Hall–Kier alpha value is -5.66. The molecule has 0 aromatic carbocycles. The van der Waals surface area contributed by atoms with Gasteiger partial charge in [-0.3, -0.25) is 67.5 Å². The summed E-state index contributed by atoms with van der Waals surface area (Å²) in [5.41, 5.74) is 0. The molecule has 0 bridgehead atoms. The Morgan fingerprint density at radius 3 is 0.991 bits per heavy atom. The summed E-state index contributed by atoms with van der Waals surface area (Å²) in [5.74, 6) is -0.603. The first-order chi connectivity index (χ1) is 51.1. The molecule has 0 N–H and O–H groups in total.